The number of hydrogen-bond donors (Lipinski definition) is 0. The molecule has 0 aliphatic rings. The molecule has 0 aliphatic carbocycles. The average Bonchev–Trinajstić information content (AvgIpc) is 2.20. The Bertz CT molecular complexity index is 408. The topological polar surface area (TPSA) is 3.88 Å². The molecule has 1 aromatic heterocycles. The normalized spacial score (nSPS) is 10.1. The van der Waals surface area contributed by atoms with Crippen LogP contribution in [0.15, 0.2) is 48.7 Å². The lowest BCUT2D eigenvalue weighted by atomic mass is 10.1. The fourth-order valence-electron chi connectivity index (χ4n) is 1.49. The number of benzene rings is 1. The Labute approximate surface area is 97.9 Å². The van der Waals surface area contributed by atoms with Crippen molar-refractivity contribution in [3.8, 4) is 11.3 Å². The van der Waals surface area contributed by atoms with Gasteiger partial charge in [0.2, 0.25) is 5.69 Å². The lowest BCUT2D eigenvalue weighted by molar-refractivity contribution is -0.427. The van der Waals surface area contributed by atoms with Crippen LogP contribution in [0.5, 0.6) is 0 Å². The van der Waals surface area contributed by atoms with Crippen molar-refractivity contribution in [2.75, 3.05) is 0 Å². The van der Waals surface area contributed by atoms with Crippen LogP contribution < -0.4 is 2.78 Å². The SMILES string of the molecule is Cc1ccccc1-c1cccc[n+]1I. The molecule has 0 saturated carbocycles. The Kier molecular flexibility index (Phi) is 2.82. The third kappa shape index (κ3) is 1.80. The highest BCUT2D eigenvalue weighted by Gasteiger charge is 2.11. The molecule has 0 fully saturated rings. The van der Waals surface area contributed by atoms with Crippen LogP contribution in [0.2, 0.25) is 0 Å². The Hall–Kier alpha value is -0.900. The van der Waals surface area contributed by atoms with Crippen molar-refractivity contribution in [2.24, 2.45) is 0 Å². The zero-order valence-corrected chi connectivity index (χ0v) is 10.1. The third-order valence-corrected chi connectivity index (χ3v) is 3.07. The van der Waals surface area contributed by atoms with Crippen molar-refractivity contribution >= 4 is 22.9 Å². The molecule has 0 N–H and O–H groups in total. The Morgan fingerprint density at radius 3 is 2.43 bits per heavy atom. The summed E-state index contributed by atoms with van der Waals surface area (Å²) in [6.07, 6.45) is 2.06. The molecule has 0 atom stereocenters. The van der Waals surface area contributed by atoms with Crippen molar-refractivity contribution in [1.29, 1.82) is 0 Å². The number of nitrogens with zero attached hydrogens (tertiary/aromatic N) is 1. The van der Waals surface area contributed by atoms with Gasteiger partial charge in [0.15, 0.2) is 6.20 Å². The summed E-state index contributed by atoms with van der Waals surface area (Å²) in [5.41, 5.74) is 3.85. The number of aryl methyl sites for hydroxylation is 1. The zero-order chi connectivity index (χ0) is 9.97. The summed E-state index contributed by atoms with van der Waals surface area (Å²) in [7, 11) is 0. The summed E-state index contributed by atoms with van der Waals surface area (Å²) in [5, 5.41) is 0. The van der Waals surface area contributed by atoms with Gasteiger partial charge in [0.1, 0.15) is 0 Å². The molecule has 2 heteroatoms. The molecule has 2 aromatic rings. The smallest absolute Gasteiger partial charge is 0.136 e. The second-order valence-corrected chi connectivity index (χ2v) is 4.25. The highest BCUT2D eigenvalue weighted by atomic mass is 127. The second-order valence-electron chi connectivity index (χ2n) is 3.21. The fourth-order valence-corrected chi connectivity index (χ4v) is 2.09. The van der Waals surface area contributed by atoms with E-state index in [9.17, 15) is 0 Å². The molecule has 0 bridgehead atoms. The first-order chi connectivity index (χ1) is 6.79. The molecule has 2 rings (SSSR count). The fraction of sp³-hybridized carbons (Fsp3) is 0.0833. The molecule has 0 amide bonds. The van der Waals surface area contributed by atoms with E-state index in [4.69, 9.17) is 0 Å². The lowest BCUT2D eigenvalue weighted by Crippen LogP contribution is -2.21. The average molecular weight is 296 g/mol. The first-order valence-corrected chi connectivity index (χ1v) is 5.48. The van der Waals surface area contributed by atoms with Gasteiger partial charge >= 0.3 is 22.9 Å². The van der Waals surface area contributed by atoms with Crippen LogP contribution in [0, 0.1) is 6.92 Å². The van der Waals surface area contributed by atoms with Gasteiger partial charge in [0.25, 0.3) is 0 Å². The standard InChI is InChI=1S/C12H11IN/c1-10-6-2-3-7-11(10)12-8-4-5-9-14(12)13/h2-9H,1H3/q+1. The van der Waals surface area contributed by atoms with E-state index < -0.39 is 0 Å². The summed E-state index contributed by atoms with van der Waals surface area (Å²) < 4.78 is 2.11. The molecular weight excluding hydrogens is 285 g/mol. The van der Waals surface area contributed by atoms with Gasteiger partial charge in [-0.3, -0.25) is 0 Å². The molecule has 1 aromatic carbocycles. The molecule has 70 valence electrons. The van der Waals surface area contributed by atoms with Gasteiger partial charge in [-0.15, -0.1) is 2.78 Å². The van der Waals surface area contributed by atoms with Crippen molar-refractivity contribution in [2.45, 2.75) is 6.92 Å². The van der Waals surface area contributed by atoms with Gasteiger partial charge in [0, 0.05) is 17.7 Å². The van der Waals surface area contributed by atoms with E-state index in [1.54, 1.807) is 0 Å². The van der Waals surface area contributed by atoms with Crippen LogP contribution in [0.25, 0.3) is 11.3 Å². The van der Waals surface area contributed by atoms with Crippen molar-refractivity contribution in [3.63, 3.8) is 0 Å². The number of hydrogen-bond acceptors (Lipinski definition) is 0. The highest BCUT2D eigenvalue weighted by molar-refractivity contribution is 14.1. The number of halogens is 1. The second kappa shape index (κ2) is 4.09. The predicted octanol–water partition coefficient (Wildman–Crippen LogP) is 3.15. The molecule has 0 aliphatic heterocycles. The van der Waals surface area contributed by atoms with E-state index in [-0.39, 0.29) is 0 Å². The van der Waals surface area contributed by atoms with Crippen molar-refractivity contribution in [1.82, 2.24) is 0 Å². The van der Waals surface area contributed by atoms with Crippen LogP contribution in [0.3, 0.4) is 0 Å². The van der Waals surface area contributed by atoms with Crippen LogP contribution in [0.1, 0.15) is 5.56 Å². The first-order valence-electron chi connectivity index (χ1n) is 4.52. The van der Waals surface area contributed by atoms with E-state index in [1.165, 1.54) is 16.8 Å². The van der Waals surface area contributed by atoms with Crippen LogP contribution in [-0.4, -0.2) is 0 Å². The summed E-state index contributed by atoms with van der Waals surface area (Å²) >= 11 is 2.30. The van der Waals surface area contributed by atoms with Gasteiger partial charge < -0.3 is 0 Å². The van der Waals surface area contributed by atoms with Crippen LogP contribution in [0.4, 0.5) is 0 Å². The minimum atomic E-state index is 1.24. The summed E-state index contributed by atoms with van der Waals surface area (Å²) in [6.45, 7) is 2.14. The van der Waals surface area contributed by atoms with E-state index in [0.29, 0.717) is 0 Å². The van der Waals surface area contributed by atoms with E-state index in [2.05, 4.69) is 75.2 Å². The van der Waals surface area contributed by atoms with Gasteiger partial charge in [-0.25, -0.2) is 0 Å². The molecule has 0 spiro atoms. The number of aromatic nitrogens is 1. The molecule has 0 unspecified atom stereocenters. The lowest BCUT2D eigenvalue weighted by Gasteiger charge is -2.01. The van der Waals surface area contributed by atoms with Gasteiger partial charge in [-0.1, -0.05) is 18.2 Å². The summed E-state index contributed by atoms with van der Waals surface area (Å²) in [5.74, 6) is 0. The first kappa shape index (κ1) is 9.65. The minimum Gasteiger partial charge on any atom is -0.136 e. The maximum Gasteiger partial charge on any atom is 0.354 e. The van der Waals surface area contributed by atoms with E-state index in [0.717, 1.165) is 0 Å². The number of pyridine rings is 1. The van der Waals surface area contributed by atoms with Gasteiger partial charge in [-0.05, 0) is 24.6 Å². The molecule has 1 heterocycles. The Morgan fingerprint density at radius 2 is 1.71 bits per heavy atom. The maximum atomic E-state index is 2.30. The molecule has 0 radical (unpaired) electrons. The minimum absolute atomic E-state index is 1.24. The Morgan fingerprint density at radius 1 is 1.00 bits per heavy atom. The molecular formula is C12H11IN+. The summed E-state index contributed by atoms with van der Waals surface area (Å²) in [4.78, 5) is 0. The molecule has 0 saturated heterocycles. The highest BCUT2D eigenvalue weighted by Crippen LogP contribution is 2.19. The molecule has 14 heavy (non-hydrogen) atoms. The zero-order valence-electron chi connectivity index (χ0n) is 7.94. The number of rotatable bonds is 1. The van der Waals surface area contributed by atoms with Crippen LogP contribution in [-0.2, 0) is 0 Å². The van der Waals surface area contributed by atoms with Crippen molar-refractivity contribution < 1.29 is 2.78 Å². The monoisotopic (exact) mass is 296 g/mol. The van der Waals surface area contributed by atoms with E-state index in [1.807, 2.05) is 6.07 Å². The predicted molar refractivity (Wildman–Crippen MR) is 66.2 cm³/mol. The van der Waals surface area contributed by atoms with E-state index >= 15 is 0 Å². The summed E-state index contributed by atoms with van der Waals surface area (Å²) in [6, 6.07) is 14.7. The van der Waals surface area contributed by atoms with Crippen LogP contribution >= 0.6 is 22.9 Å². The van der Waals surface area contributed by atoms with Gasteiger partial charge in [-0.2, -0.15) is 0 Å². The quantitative estimate of drug-likeness (QED) is 0.712. The molecule has 1 nitrogen and oxygen atoms in total. The van der Waals surface area contributed by atoms with Gasteiger partial charge in [0.05, 0.1) is 0 Å². The third-order valence-electron chi connectivity index (χ3n) is 2.23. The Balaban J connectivity index is 2.61. The largest absolute Gasteiger partial charge is 0.354 e. The maximum absolute atomic E-state index is 2.30. The van der Waals surface area contributed by atoms with Crippen molar-refractivity contribution in [3.05, 3.63) is 54.2 Å².